The first-order valence-corrected chi connectivity index (χ1v) is 16.5. The number of carbonyl (C=O) groups excluding carboxylic acids is 1. The quantitative estimate of drug-likeness (QED) is 0.330. The molecule has 2 aromatic heterocycles. The molecule has 2 saturated carbocycles. The number of nitrogens with zero attached hydrogens (tertiary/aromatic N) is 4. The van der Waals surface area contributed by atoms with Crippen molar-refractivity contribution in [1.82, 2.24) is 20.2 Å². The number of piperazine rings is 1. The van der Waals surface area contributed by atoms with Crippen molar-refractivity contribution in [2.24, 2.45) is 0 Å². The third-order valence-corrected chi connectivity index (χ3v) is 11.2. The summed E-state index contributed by atoms with van der Waals surface area (Å²) in [5.41, 5.74) is 2.10. The standard InChI is InChI=1S/C30H31F3N6OS2/c31-30(32,33)22-13-34-29(37-26(22)24-12-25-27(42-24)28(40)39(9-10-41-25)19-5-6-19)36-23-8-7-20(11-21(23)16-1-2-16)38-14-17-3-4-18(15-38)35-17/h7-8,11-13,16-19,35H,1-6,9-10,14-15H2,(H,34,36,37)/t17-,18+. The second-order valence-corrected chi connectivity index (χ2v) is 14.2. The smallest absolute Gasteiger partial charge is 0.368 e. The van der Waals surface area contributed by atoms with Crippen molar-refractivity contribution in [1.29, 1.82) is 0 Å². The fraction of sp³-hybridized carbons (Fsp3) is 0.500. The van der Waals surface area contributed by atoms with Crippen LogP contribution in [0.4, 0.5) is 30.5 Å². The van der Waals surface area contributed by atoms with Crippen LogP contribution in [0.2, 0.25) is 0 Å². The average Bonchev–Trinajstić information content (AvgIpc) is 3.90. The number of aromatic nitrogens is 2. The topological polar surface area (TPSA) is 73.4 Å². The summed E-state index contributed by atoms with van der Waals surface area (Å²) in [5.74, 6) is 1.19. The molecule has 4 fully saturated rings. The van der Waals surface area contributed by atoms with Gasteiger partial charge in [-0.3, -0.25) is 4.79 Å². The molecule has 3 aromatic rings. The molecule has 5 heterocycles. The SMILES string of the molecule is O=C1c2sc(-c3nc(Nc4ccc(N5C[C@H]6CC[C@@H](C5)N6)cc4C4CC4)ncc3C(F)(F)F)cc2SCCN1C1CC1. The van der Waals surface area contributed by atoms with Crippen LogP contribution >= 0.6 is 23.1 Å². The van der Waals surface area contributed by atoms with Crippen LogP contribution in [0.5, 0.6) is 0 Å². The number of rotatable bonds is 6. The maximum Gasteiger partial charge on any atom is 0.420 e. The Morgan fingerprint density at radius 2 is 1.81 bits per heavy atom. The van der Waals surface area contributed by atoms with E-state index in [0.29, 0.717) is 34.3 Å². The summed E-state index contributed by atoms with van der Waals surface area (Å²) in [4.78, 5) is 27.7. The minimum absolute atomic E-state index is 0.0821. The molecule has 5 aliphatic rings. The van der Waals surface area contributed by atoms with Gasteiger partial charge in [0.15, 0.2) is 0 Å². The summed E-state index contributed by atoms with van der Waals surface area (Å²) < 4.78 is 42.5. The van der Waals surface area contributed by atoms with Gasteiger partial charge in [-0.1, -0.05) is 0 Å². The number of halogens is 3. The molecule has 42 heavy (non-hydrogen) atoms. The first kappa shape index (κ1) is 26.8. The monoisotopic (exact) mass is 612 g/mol. The lowest BCUT2D eigenvalue weighted by Crippen LogP contribution is -2.51. The summed E-state index contributed by atoms with van der Waals surface area (Å²) in [6.45, 7) is 2.64. The van der Waals surface area contributed by atoms with Crippen LogP contribution in [-0.2, 0) is 6.18 Å². The summed E-state index contributed by atoms with van der Waals surface area (Å²) in [7, 11) is 0. The van der Waals surface area contributed by atoms with Crippen LogP contribution in [0.15, 0.2) is 35.4 Å². The van der Waals surface area contributed by atoms with E-state index in [-0.39, 0.29) is 23.6 Å². The Labute approximate surface area is 250 Å². The zero-order chi connectivity index (χ0) is 28.6. The van der Waals surface area contributed by atoms with Crippen molar-refractivity contribution in [2.45, 2.75) is 73.6 Å². The van der Waals surface area contributed by atoms with Crippen molar-refractivity contribution in [3.63, 3.8) is 0 Å². The molecule has 2 saturated heterocycles. The van der Waals surface area contributed by atoms with Gasteiger partial charge in [-0.15, -0.1) is 23.1 Å². The molecule has 1 aromatic carbocycles. The first-order valence-electron chi connectivity index (χ1n) is 14.7. The molecular formula is C30H31F3N6OS2. The van der Waals surface area contributed by atoms with Crippen molar-refractivity contribution in [2.75, 3.05) is 35.6 Å². The minimum atomic E-state index is -4.63. The van der Waals surface area contributed by atoms with Gasteiger partial charge in [-0.25, -0.2) is 9.97 Å². The van der Waals surface area contributed by atoms with Gasteiger partial charge in [-0.2, -0.15) is 13.2 Å². The molecule has 12 heteroatoms. The number of fused-ring (bicyclic) bond motifs is 3. The molecule has 2 N–H and O–H groups in total. The lowest BCUT2D eigenvalue weighted by Gasteiger charge is -2.35. The van der Waals surface area contributed by atoms with E-state index < -0.39 is 11.7 Å². The molecule has 2 atom stereocenters. The molecule has 1 amide bonds. The Bertz CT molecular complexity index is 1540. The molecule has 220 valence electrons. The zero-order valence-corrected chi connectivity index (χ0v) is 24.5. The molecule has 2 bridgehead atoms. The van der Waals surface area contributed by atoms with Crippen LogP contribution < -0.4 is 15.5 Å². The van der Waals surface area contributed by atoms with Gasteiger partial charge in [0.2, 0.25) is 5.95 Å². The number of amides is 1. The molecule has 3 aliphatic heterocycles. The molecule has 0 unspecified atom stereocenters. The maximum absolute atomic E-state index is 14.2. The number of benzene rings is 1. The number of hydrogen-bond acceptors (Lipinski definition) is 8. The molecule has 0 radical (unpaired) electrons. The van der Waals surface area contributed by atoms with E-state index in [1.54, 1.807) is 6.07 Å². The van der Waals surface area contributed by atoms with Gasteiger partial charge in [0.25, 0.3) is 5.91 Å². The third-order valence-electron chi connectivity index (χ3n) is 8.94. The fourth-order valence-electron chi connectivity index (χ4n) is 6.53. The predicted octanol–water partition coefficient (Wildman–Crippen LogP) is 6.50. The van der Waals surface area contributed by atoms with E-state index in [9.17, 15) is 18.0 Å². The van der Waals surface area contributed by atoms with E-state index in [4.69, 9.17) is 0 Å². The highest BCUT2D eigenvalue weighted by molar-refractivity contribution is 7.99. The van der Waals surface area contributed by atoms with E-state index in [1.807, 2.05) is 11.0 Å². The van der Waals surface area contributed by atoms with Crippen LogP contribution in [0.25, 0.3) is 10.6 Å². The second kappa shape index (κ2) is 10.1. The van der Waals surface area contributed by atoms with Gasteiger partial charge in [0, 0.05) is 66.0 Å². The highest BCUT2D eigenvalue weighted by atomic mass is 32.2. The van der Waals surface area contributed by atoms with Crippen LogP contribution in [0.1, 0.15) is 65.2 Å². The van der Waals surface area contributed by atoms with Crippen LogP contribution in [0, 0.1) is 0 Å². The van der Waals surface area contributed by atoms with Crippen molar-refractivity contribution >= 4 is 46.3 Å². The van der Waals surface area contributed by atoms with E-state index >= 15 is 0 Å². The van der Waals surface area contributed by atoms with Gasteiger partial charge in [0.05, 0.1) is 10.6 Å². The van der Waals surface area contributed by atoms with Gasteiger partial charge in [-0.05, 0) is 74.3 Å². The Morgan fingerprint density at radius 1 is 1.02 bits per heavy atom. The van der Waals surface area contributed by atoms with Gasteiger partial charge in [0.1, 0.15) is 10.4 Å². The summed E-state index contributed by atoms with van der Waals surface area (Å²) in [6, 6.07) is 9.36. The number of carbonyl (C=O) groups is 1. The number of nitrogens with one attached hydrogen (secondary N) is 2. The lowest BCUT2D eigenvalue weighted by atomic mass is 10.1. The number of hydrogen-bond donors (Lipinski definition) is 2. The van der Waals surface area contributed by atoms with E-state index in [2.05, 4.69) is 37.6 Å². The zero-order valence-electron chi connectivity index (χ0n) is 22.9. The second-order valence-electron chi connectivity index (χ2n) is 12.0. The van der Waals surface area contributed by atoms with Crippen LogP contribution in [-0.4, -0.2) is 64.3 Å². The highest BCUT2D eigenvalue weighted by Gasteiger charge is 2.39. The Balaban J connectivity index is 1.12. The Morgan fingerprint density at radius 3 is 2.52 bits per heavy atom. The van der Waals surface area contributed by atoms with Crippen molar-refractivity contribution in [3.05, 3.63) is 46.5 Å². The molecule has 8 rings (SSSR count). The van der Waals surface area contributed by atoms with E-state index in [0.717, 1.165) is 78.2 Å². The summed E-state index contributed by atoms with van der Waals surface area (Å²) in [6.07, 6.45) is 2.82. The van der Waals surface area contributed by atoms with Crippen LogP contribution in [0.3, 0.4) is 0 Å². The molecule has 7 nitrogen and oxygen atoms in total. The number of thiophene rings is 1. The first-order chi connectivity index (χ1) is 20.3. The molecule has 2 aliphatic carbocycles. The van der Waals surface area contributed by atoms with Crippen molar-refractivity contribution < 1.29 is 18.0 Å². The summed E-state index contributed by atoms with van der Waals surface area (Å²) in [5, 5.41) is 6.93. The normalized spacial score (nSPS) is 24.1. The molecule has 0 spiro atoms. The van der Waals surface area contributed by atoms with Crippen molar-refractivity contribution in [3.8, 4) is 10.6 Å². The van der Waals surface area contributed by atoms with Gasteiger partial charge >= 0.3 is 6.18 Å². The predicted molar refractivity (Wildman–Crippen MR) is 159 cm³/mol. The van der Waals surface area contributed by atoms with E-state index in [1.165, 1.54) is 30.3 Å². The third kappa shape index (κ3) is 5.05. The Kier molecular flexibility index (Phi) is 6.45. The lowest BCUT2D eigenvalue weighted by molar-refractivity contribution is -0.137. The average molecular weight is 613 g/mol. The maximum atomic E-state index is 14.2. The largest absolute Gasteiger partial charge is 0.420 e. The Hall–Kier alpha value is -2.83. The minimum Gasteiger partial charge on any atom is -0.368 e. The number of thioether (sulfide) groups is 1. The number of alkyl halides is 3. The van der Waals surface area contributed by atoms with Gasteiger partial charge < -0.3 is 20.4 Å². The molecular weight excluding hydrogens is 581 g/mol. The summed E-state index contributed by atoms with van der Waals surface area (Å²) >= 11 is 2.63. The highest BCUT2D eigenvalue weighted by Crippen LogP contribution is 2.47. The number of anilines is 3. The fourth-order valence-corrected chi connectivity index (χ4v) is 8.84.